The van der Waals surface area contributed by atoms with Gasteiger partial charge in [-0.2, -0.15) is 0 Å². The molecule has 30 nitrogen and oxygen atoms in total. The summed E-state index contributed by atoms with van der Waals surface area (Å²) >= 11 is 6.27. The Hall–Kier alpha value is -10.0. The van der Waals surface area contributed by atoms with Gasteiger partial charge in [-0.1, -0.05) is 117 Å². The Bertz CT molecular complexity index is 4120. The largest absolute Gasteiger partial charge is 0.447 e. The molecule has 12 N–H and O–H groups in total. The fourth-order valence-corrected chi connectivity index (χ4v) is 13.2. The number of nitro benzene ring substituents is 1. The summed E-state index contributed by atoms with van der Waals surface area (Å²) in [5, 5.41) is 42.1. The first-order valence-corrected chi connectivity index (χ1v) is 37.9. The molecule has 0 bridgehead atoms. The Kier molecular flexibility index (Phi) is 36.4. The monoisotopic (exact) mass is 1640 g/mol. The smallest absolute Gasteiger partial charge is 0.269 e. The molecule has 1 aliphatic heterocycles. The van der Waals surface area contributed by atoms with E-state index in [0.29, 0.717) is 65.9 Å². The zero-order chi connectivity index (χ0) is 81.0. The van der Waals surface area contributed by atoms with Crippen molar-refractivity contribution in [3.05, 3.63) is 187 Å². The van der Waals surface area contributed by atoms with Crippen LogP contribution in [0.25, 0.3) is 5.73 Å². The van der Waals surface area contributed by atoms with Crippen LogP contribution in [0.1, 0.15) is 132 Å². The fraction of sp³-hybridized carbons (Fsp3) is 0.463. The second-order valence-corrected chi connectivity index (χ2v) is 29.3. The number of carbonyl (C=O) groups is 12. The van der Waals surface area contributed by atoms with Crippen LogP contribution in [-0.2, 0) is 130 Å². The third kappa shape index (κ3) is 28.6. The number of carbonyl (C=O) groups excluding carboxylic acids is 12. The molecule has 0 unspecified atom stereocenters. The Morgan fingerprint density at radius 1 is 0.589 bits per heavy atom. The number of nitro groups is 1. The molecule has 4 aromatic carbocycles. The van der Waals surface area contributed by atoms with Crippen LogP contribution in [0.4, 0.5) is 16.2 Å². The van der Waals surface area contributed by atoms with Gasteiger partial charge in [-0.3, -0.25) is 72.6 Å². The van der Waals surface area contributed by atoms with E-state index in [1.807, 2.05) is 52.9 Å². The summed E-state index contributed by atoms with van der Waals surface area (Å²) in [5.74, 6) is -8.27. The number of hydrogen-bond donors (Lipinski definition) is 11. The molecule has 0 saturated carbocycles. The van der Waals surface area contributed by atoms with Crippen molar-refractivity contribution in [1.29, 1.82) is 0 Å². The summed E-state index contributed by atoms with van der Waals surface area (Å²) in [6.07, 6.45) is 9.56. The van der Waals surface area contributed by atoms with Gasteiger partial charge in [-0.15, -0.1) is 0 Å². The van der Waals surface area contributed by atoms with Crippen molar-refractivity contribution in [2.24, 2.45) is 5.92 Å². The summed E-state index contributed by atoms with van der Waals surface area (Å²) in [7, 11) is 3.40. The predicted octanol–water partition coefficient (Wildman–Crippen LogP) is 5.50. The Labute approximate surface area is 683 Å². The number of aromatic nitrogens is 1. The minimum atomic E-state index is -1.63. The summed E-state index contributed by atoms with van der Waals surface area (Å²) < 4.78 is 0. The van der Waals surface area contributed by atoms with Crippen molar-refractivity contribution >= 4 is 94.0 Å². The van der Waals surface area contributed by atoms with Gasteiger partial charge in [0.15, 0.2) is 6.03 Å². The number of halogens is 1. The van der Waals surface area contributed by atoms with Crippen LogP contribution in [0.5, 0.6) is 0 Å². The molecule has 10 atom stereocenters. The molecule has 32 heteroatoms. The van der Waals surface area contributed by atoms with Gasteiger partial charge >= 0.3 is 0 Å². The Balaban J connectivity index is 0.0000196. The maximum absolute atomic E-state index is 15.3. The van der Waals surface area contributed by atoms with E-state index in [-0.39, 0.29) is 114 Å². The molecule has 1 aromatic heterocycles. The maximum Gasteiger partial charge on any atom is 0.269 e. The fourth-order valence-electron chi connectivity index (χ4n) is 13.1. The number of non-ortho nitro benzene ring substituents is 1. The van der Waals surface area contributed by atoms with Crippen LogP contribution in [0.15, 0.2) is 128 Å². The van der Waals surface area contributed by atoms with Gasteiger partial charge in [0.05, 0.1) is 4.92 Å². The standard InChI is InChI=1S/C80H105ClN16O14.Y/c1-10-61(88-74(103)68(45-55-17-15-36-84-46-55)94-77(106)66(41-51-23-30-58(81)31-24-51)92-73(102)64(86-50(7)98)44-54-22-29-56-18-11-12-19-57(56)40-54)71(100)91-65(43-53-27-34-60(35-28-53)97(110)111)76(105)93-67(42-52-25-32-59(33-26-52)87-80(82)109)75(104)90-63(39-47(2)3)72(101)89-62(20-13-14-37-95(9)48(4)5)79(108)96-38-16-21-69(96)78(107)85-49(6)70(99)83-8;/h11-12,15,17,22-36,40,46-49,61-69H,10,13-14,16,18-21,37-39,41-45H2,1-9H3,(H13,82,83,85,86,87,88,89,90,91,92,93,94,98,99,100,101,102,103,104,105,106,107,109);/p-1/t49-,61+,62+,63+,64-,65+,66-,67-,68-,69+;/m1./s1. The van der Waals surface area contributed by atoms with Crippen molar-refractivity contribution in [3.63, 3.8) is 0 Å². The zero-order valence-electron chi connectivity index (χ0n) is 64.8. The Morgan fingerprint density at radius 3 is 1.56 bits per heavy atom. The van der Waals surface area contributed by atoms with Crippen molar-refractivity contribution in [3.8, 4) is 0 Å². The zero-order valence-corrected chi connectivity index (χ0v) is 68.4. The summed E-state index contributed by atoms with van der Waals surface area (Å²) in [6.45, 7) is 12.9. The number of allylic oxidation sites excluding steroid dienone is 2. The molecule has 599 valence electrons. The summed E-state index contributed by atoms with van der Waals surface area (Å²) in [4.78, 5) is 189. The molecule has 112 heavy (non-hydrogen) atoms. The van der Waals surface area contributed by atoms with E-state index >= 15 is 9.59 Å². The first-order chi connectivity index (χ1) is 52.9. The third-order valence-electron chi connectivity index (χ3n) is 19.5. The van der Waals surface area contributed by atoms with Crippen molar-refractivity contribution in [2.75, 3.05) is 32.5 Å². The van der Waals surface area contributed by atoms with Crippen LogP contribution in [0, 0.1) is 16.0 Å². The molecule has 1 radical (unpaired) electrons. The van der Waals surface area contributed by atoms with E-state index in [2.05, 4.69) is 80.5 Å². The number of unbranched alkanes of at least 4 members (excludes halogenated alkanes) is 1. The van der Waals surface area contributed by atoms with Gasteiger partial charge in [-0.25, -0.2) is 0 Å². The van der Waals surface area contributed by atoms with Gasteiger partial charge in [-0.05, 0) is 161 Å². The summed E-state index contributed by atoms with van der Waals surface area (Å²) in [6, 6.07) is 12.8. The van der Waals surface area contributed by atoms with Gasteiger partial charge in [0.25, 0.3) is 5.69 Å². The van der Waals surface area contributed by atoms with Crippen LogP contribution in [0.3, 0.4) is 0 Å². The van der Waals surface area contributed by atoms with Crippen LogP contribution in [-0.4, -0.2) is 184 Å². The molecule has 5 aromatic rings. The quantitative estimate of drug-likeness (QED) is 0.00998. The molecule has 1 aliphatic carbocycles. The number of likely N-dealkylation sites (N-methyl/N-ethyl adjacent to an activating group) is 1. The van der Waals surface area contributed by atoms with E-state index in [4.69, 9.17) is 17.3 Å². The van der Waals surface area contributed by atoms with E-state index in [1.54, 1.807) is 43.3 Å². The molecular weight excluding hydrogens is 1530 g/mol. The van der Waals surface area contributed by atoms with Crippen molar-refractivity contribution in [1.82, 2.24) is 68.0 Å². The number of nitrogens with zero attached hydrogens (tertiary/aromatic N) is 4. The number of anilines is 1. The van der Waals surface area contributed by atoms with Gasteiger partial charge < -0.3 is 74.0 Å². The van der Waals surface area contributed by atoms with Crippen molar-refractivity contribution in [2.45, 2.75) is 205 Å². The van der Waals surface area contributed by atoms with Gasteiger partial charge in [0.2, 0.25) is 65.0 Å². The number of nitrogens with one attached hydrogen (secondary N) is 12. The minimum absolute atomic E-state index is 0. The van der Waals surface area contributed by atoms with Crippen LogP contribution >= 0.6 is 11.6 Å². The van der Waals surface area contributed by atoms with Gasteiger partial charge in [0, 0.05) is 121 Å². The molecule has 2 aliphatic rings. The SMILES string of the molecule is CC[C@H](NC(=O)[C@@H](Cc1cccnc1)NC(=O)[C@@H](Cc1ccc(Cl)cc1)NC(=O)[C@@H](Cc1ccc2c(c1)CC=CC2)NC(C)=O)C(=O)N[C@@H](Cc1ccc([N+](=O)[O-])cc1)C(=O)N[C@H](Cc1ccc(NC([NH-])=O)cc1)C(=O)N[C@@H](CC(C)C)C(=O)N[C@@H](CCCCN(C)C(C)C)C(=O)N1CCC[C@H]1C(=O)N[C@H](C)C(=O)NC.[Y]. The predicted molar refractivity (Wildman–Crippen MR) is 419 cm³/mol. The maximum atomic E-state index is 15.3. The Morgan fingerprint density at radius 2 is 1.06 bits per heavy atom. The number of amides is 13. The van der Waals surface area contributed by atoms with Crippen LogP contribution in [0.2, 0.25) is 5.02 Å². The number of fused-ring (bicyclic) bond motifs is 1. The average Bonchev–Trinajstić information content (AvgIpc) is 1.51. The topological polar surface area (TPSA) is 423 Å². The first kappa shape index (κ1) is 90.8. The number of likely N-dealkylation sites (tertiary alicyclic amines) is 1. The molecule has 13 amide bonds. The summed E-state index contributed by atoms with van der Waals surface area (Å²) in [5.41, 5.74) is 12.1. The minimum Gasteiger partial charge on any atom is -0.447 e. The number of hydrogen-bond acceptors (Lipinski definition) is 16. The number of pyridine rings is 1. The molecule has 2 heterocycles. The molecular formula is C80H104ClN16O14Y-. The molecule has 1 fully saturated rings. The molecule has 1 saturated heterocycles. The van der Waals surface area contributed by atoms with Crippen molar-refractivity contribution < 1.29 is 95.2 Å². The van der Waals surface area contributed by atoms with E-state index in [9.17, 15) is 58.1 Å². The molecule has 0 spiro atoms. The number of rotatable bonds is 40. The normalized spacial score (nSPS) is 15.3. The van der Waals surface area contributed by atoms with E-state index in [0.717, 1.165) is 23.1 Å². The van der Waals surface area contributed by atoms with Crippen LogP contribution < -0.4 is 58.5 Å². The number of benzene rings is 4. The van der Waals surface area contributed by atoms with E-state index in [1.165, 1.54) is 86.7 Å². The molecule has 7 rings (SSSR count). The average molecular weight is 1640 g/mol. The number of urea groups is 1. The van der Waals surface area contributed by atoms with E-state index < -0.39 is 136 Å². The third-order valence-corrected chi connectivity index (χ3v) is 19.8. The first-order valence-electron chi connectivity index (χ1n) is 37.5. The van der Waals surface area contributed by atoms with Gasteiger partial charge in [0.1, 0.15) is 60.4 Å². The second kappa shape index (κ2) is 44.9. The second-order valence-electron chi connectivity index (χ2n) is 28.9.